The van der Waals surface area contributed by atoms with E-state index in [0.717, 1.165) is 6.42 Å². The molecule has 0 aliphatic carbocycles. The second-order valence-electron chi connectivity index (χ2n) is 3.77. The van der Waals surface area contributed by atoms with Crippen LogP contribution in [0.25, 0.3) is 0 Å². The quantitative estimate of drug-likeness (QED) is 0.841. The summed E-state index contributed by atoms with van der Waals surface area (Å²) in [5.74, 6) is 0.460. The first kappa shape index (κ1) is 14.6. The van der Waals surface area contributed by atoms with Crippen molar-refractivity contribution in [3.63, 3.8) is 0 Å². The number of halogens is 2. The Morgan fingerprint density at radius 3 is 2.59 bits per heavy atom. The molecule has 1 aromatic carbocycles. The molecule has 3 nitrogen and oxygen atoms in total. The van der Waals surface area contributed by atoms with Crippen molar-refractivity contribution in [2.24, 2.45) is 0 Å². The number of benzene rings is 1. The second kappa shape index (κ2) is 7.07. The van der Waals surface area contributed by atoms with Crippen LogP contribution in [0.2, 0.25) is 10.0 Å². The molecule has 0 saturated carbocycles. The number of hydrogen-bond donors (Lipinski definition) is 2. The van der Waals surface area contributed by atoms with E-state index in [1.807, 2.05) is 6.92 Å². The van der Waals surface area contributed by atoms with Crippen LogP contribution in [0.5, 0.6) is 5.75 Å². The van der Waals surface area contributed by atoms with E-state index in [1.165, 1.54) is 0 Å². The molecule has 17 heavy (non-hydrogen) atoms. The number of rotatable bonds is 6. The summed E-state index contributed by atoms with van der Waals surface area (Å²) < 4.78 is 5.59. The fourth-order valence-electron chi connectivity index (χ4n) is 1.47. The molecular formula is C12H16Cl2O3. The zero-order chi connectivity index (χ0) is 12.8. The van der Waals surface area contributed by atoms with E-state index in [4.69, 9.17) is 33.0 Å². The maximum absolute atomic E-state index is 9.61. The largest absolute Gasteiger partial charge is 0.486 e. The fourth-order valence-corrected chi connectivity index (χ4v) is 1.92. The summed E-state index contributed by atoms with van der Waals surface area (Å²) in [5, 5.41) is 19.5. The molecule has 5 heteroatoms. The van der Waals surface area contributed by atoms with Crippen molar-refractivity contribution >= 4 is 23.2 Å². The Bertz CT molecular complexity index is 358. The SMILES string of the molecule is CCC[C@H](Oc1ccc(Cl)cc1Cl)[C@H](O)CO. The smallest absolute Gasteiger partial charge is 0.138 e. The molecule has 0 aliphatic heterocycles. The molecule has 0 bridgehead atoms. The molecular weight excluding hydrogens is 263 g/mol. The lowest BCUT2D eigenvalue weighted by molar-refractivity contribution is -0.00451. The second-order valence-corrected chi connectivity index (χ2v) is 4.61. The summed E-state index contributed by atoms with van der Waals surface area (Å²) in [7, 11) is 0. The molecule has 0 radical (unpaired) electrons. The average molecular weight is 279 g/mol. The Labute approximate surface area is 111 Å². The first-order valence-electron chi connectivity index (χ1n) is 5.49. The van der Waals surface area contributed by atoms with E-state index in [2.05, 4.69) is 0 Å². The van der Waals surface area contributed by atoms with Gasteiger partial charge in [-0.15, -0.1) is 0 Å². The maximum Gasteiger partial charge on any atom is 0.138 e. The van der Waals surface area contributed by atoms with Crippen LogP contribution in [0.15, 0.2) is 18.2 Å². The van der Waals surface area contributed by atoms with Gasteiger partial charge < -0.3 is 14.9 Å². The normalized spacial score (nSPS) is 14.4. The van der Waals surface area contributed by atoms with Crippen LogP contribution in [0, 0.1) is 0 Å². The highest BCUT2D eigenvalue weighted by atomic mass is 35.5. The summed E-state index contributed by atoms with van der Waals surface area (Å²) in [6.07, 6.45) is 0.0959. The highest BCUT2D eigenvalue weighted by Crippen LogP contribution is 2.29. The predicted octanol–water partition coefficient (Wildman–Crippen LogP) is 2.89. The van der Waals surface area contributed by atoms with Gasteiger partial charge in [0.1, 0.15) is 18.0 Å². The molecule has 0 fully saturated rings. The Morgan fingerprint density at radius 1 is 1.35 bits per heavy atom. The van der Waals surface area contributed by atoms with E-state index >= 15 is 0 Å². The highest BCUT2D eigenvalue weighted by Gasteiger charge is 2.20. The highest BCUT2D eigenvalue weighted by molar-refractivity contribution is 6.35. The topological polar surface area (TPSA) is 49.7 Å². The summed E-state index contributed by atoms with van der Waals surface area (Å²) >= 11 is 11.7. The van der Waals surface area contributed by atoms with Crippen LogP contribution < -0.4 is 4.74 Å². The molecule has 0 aliphatic rings. The third-order valence-electron chi connectivity index (χ3n) is 2.36. The van der Waals surface area contributed by atoms with E-state index < -0.39 is 12.2 Å². The van der Waals surface area contributed by atoms with Gasteiger partial charge in [0.25, 0.3) is 0 Å². The molecule has 1 aromatic rings. The zero-order valence-corrected chi connectivity index (χ0v) is 11.1. The van der Waals surface area contributed by atoms with Crippen molar-refractivity contribution < 1.29 is 14.9 Å². The van der Waals surface area contributed by atoms with Gasteiger partial charge in [0.2, 0.25) is 0 Å². The fraction of sp³-hybridized carbons (Fsp3) is 0.500. The Kier molecular flexibility index (Phi) is 6.06. The minimum atomic E-state index is -0.915. The number of aliphatic hydroxyl groups is 2. The molecule has 0 unspecified atom stereocenters. The van der Waals surface area contributed by atoms with E-state index in [0.29, 0.717) is 22.2 Å². The molecule has 0 spiro atoms. The van der Waals surface area contributed by atoms with Gasteiger partial charge in [0, 0.05) is 5.02 Å². The maximum atomic E-state index is 9.61. The molecule has 0 saturated heterocycles. The van der Waals surface area contributed by atoms with Gasteiger partial charge in [-0.2, -0.15) is 0 Å². The third kappa shape index (κ3) is 4.36. The van der Waals surface area contributed by atoms with Gasteiger partial charge >= 0.3 is 0 Å². The standard InChI is InChI=1S/C12H16Cl2O3/c1-2-3-12(10(16)7-15)17-11-5-4-8(13)6-9(11)14/h4-6,10,12,15-16H,2-3,7H2,1H3/t10-,12+/m1/s1. The van der Waals surface area contributed by atoms with Gasteiger partial charge in [-0.25, -0.2) is 0 Å². The summed E-state index contributed by atoms with van der Waals surface area (Å²) in [4.78, 5) is 0. The van der Waals surface area contributed by atoms with Crippen LogP contribution >= 0.6 is 23.2 Å². The first-order valence-corrected chi connectivity index (χ1v) is 6.24. The van der Waals surface area contributed by atoms with Crippen molar-refractivity contribution in [3.05, 3.63) is 28.2 Å². The summed E-state index contributed by atoms with van der Waals surface area (Å²) in [5.41, 5.74) is 0. The third-order valence-corrected chi connectivity index (χ3v) is 2.89. The van der Waals surface area contributed by atoms with Crippen LogP contribution in [0.1, 0.15) is 19.8 Å². The van der Waals surface area contributed by atoms with Crippen LogP contribution in [-0.4, -0.2) is 29.0 Å². The van der Waals surface area contributed by atoms with Gasteiger partial charge in [-0.1, -0.05) is 36.5 Å². The number of aliphatic hydroxyl groups excluding tert-OH is 2. The van der Waals surface area contributed by atoms with Crippen molar-refractivity contribution in [1.29, 1.82) is 0 Å². The van der Waals surface area contributed by atoms with Crippen molar-refractivity contribution in [2.75, 3.05) is 6.61 Å². The van der Waals surface area contributed by atoms with Crippen molar-refractivity contribution in [1.82, 2.24) is 0 Å². The average Bonchev–Trinajstić information content (AvgIpc) is 2.30. The molecule has 0 heterocycles. The lowest BCUT2D eigenvalue weighted by atomic mass is 10.1. The van der Waals surface area contributed by atoms with Crippen LogP contribution in [0.3, 0.4) is 0 Å². The Hall–Kier alpha value is -0.480. The van der Waals surface area contributed by atoms with Gasteiger partial charge in [-0.3, -0.25) is 0 Å². The summed E-state index contributed by atoms with van der Waals surface area (Å²) in [6, 6.07) is 4.89. The molecule has 1 rings (SSSR count). The van der Waals surface area contributed by atoms with Gasteiger partial charge in [-0.05, 0) is 24.6 Å². The monoisotopic (exact) mass is 278 g/mol. The number of hydrogen-bond acceptors (Lipinski definition) is 3. The van der Waals surface area contributed by atoms with E-state index in [9.17, 15) is 5.11 Å². The van der Waals surface area contributed by atoms with Crippen molar-refractivity contribution in [2.45, 2.75) is 32.0 Å². The molecule has 0 amide bonds. The molecule has 0 aromatic heterocycles. The van der Waals surface area contributed by atoms with Crippen molar-refractivity contribution in [3.8, 4) is 5.75 Å². The van der Waals surface area contributed by atoms with E-state index in [-0.39, 0.29) is 6.61 Å². The lowest BCUT2D eigenvalue weighted by Gasteiger charge is -2.23. The Balaban J connectivity index is 2.78. The molecule has 2 atom stereocenters. The van der Waals surface area contributed by atoms with Crippen LogP contribution in [-0.2, 0) is 0 Å². The summed E-state index contributed by atoms with van der Waals surface area (Å²) in [6.45, 7) is 1.64. The van der Waals surface area contributed by atoms with Gasteiger partial charge in [0.05, 0.1) is 11.6 Å². The zero-order valence-electron chi connectivity index (χ0n) is 9.57. The number of ether oxygens (including phenoxy) is 1. The Morgan fingerprint density at radius 2 is 2.06 bits per heavy atom. The molecule has 2 N–H and O–H groups in total. The minimum Gasteiger partial charge on any atom is -0.486 e. The van der Waals surface area contributed by atoms with Gasteiger partial charge in [0.15, 0.2) is 0 Å². The lowest BCUT2D eigenvalue weighted by Crippen LogP contribution is -2.34. The molecule has 96 valence electrons. The minimum absolute atomic E-state index is 0.337. The first-order chi connectivity index (χ1) is 8.08. The van der Waals surface area contributed by atoms with E-state index in [1.54, 1.807) is 18.2 Å². The predicted molar refractivity (Wildman–Crippen MR) is 68.9 cm³/mol. The van der Waals surface area contributed by atoms with Crippen LogP contribution in [0.4, 0.5) is 0 Å².